The van der Waals surface area contributed by atoms with Crippen molar-refractivity contribution in [1.82, 2.24) is 14.9 Å². The van der Waals surface area contributed by atoms with E-state index in [1.165, 1.54) is 4.57 Å². The van der Waals surface area contributed by atoms with E-state index in [2.05, 4.69) is 34.8 Å². The minimum absolute atomic E-state index is 0.0974. The van der Waals surface area contributed by atoms with Crippen LogP contribution in [0.4, 0.5) is 11.5 Å². The number of anilines is 2. The van der Waals surface area contributed by atoms with E-state index in [9.17, 15) is 14.4 Å². The first-order valence-corrected chi connectivity index (χ1v) is 8.46. The van der Waals surface area contributed by atoms with Gasteiger partial charge < -0.3 is 16.0 Å². The monoisotopic (exact) mass is 339 g/mol. The first-order valence-electron chi connectivity index (χ1n) is 8.46. The maximum atomic E-state index is 12.2. The van der Waals surface area contributed by atoms with Gasteiger partial charge in [-0.15, -0.1) is 0 Å². The predicted octanol–water partition coefficient (Wildman–Crippen LogP) is 0.953. The summed E-state index contributed by atoms with van der Waals surface area (Å²) in [7, 11) is 1.66. The van der Waals surface area contributed by atoms with E-state index < -0.39 is 11.2 Å². The van der Waals surface area contributed by atoms with Crippen molar-refractivity contribution in [3.63, 3.8) is 0 Å². The highest BCUT2D eigenvalue weighted by molar-refractivity contribution is 5.94. The van der Waals surface area contributed by atoms with Gasteiger partial charge in [0.15, 0.2) is 0 Å². The fraction of sp³-hybridized carbons (Fsp3) is 0.688. The Balaban J connectivity index is 3.23. The Morgan fingerprint density at radius 2 is 2.00 bits per heavy atom. The quantitative estimate of drug-likeness (QED) is 0.508. The first kappa shape index (κ1) is 20.0. The number of aromatic amines is 1. The first-order chi connectivity index (χ1) is 11.4. The van der Waals surface area contributed by atoms with Crippen molar-refractivity contribution in [2.45, 2.75) is 46.6 Å². The number of nitrogens with one attached hydrogen (secondary N) is 4. The van der Waals surface area contributed by atoms with Crippen LogP contribution in [0.3, 0.4) is 0 Å². The zero-order valence-corrected chi connectivity index (χ0v) is 15.0. The molecule has 0 radical (unpaired) electrons. The number of aromatic nitrogens is 2. The van der Waals surface area contributed by atoms with Crippen molar-refractivity contribution in [2.24, 2.45) is 5.92 Å². The van der Waals surface area contributed by atoms with Gasteiger partial charge in [-0.25, -0.2) is 4.79 Å². The third kappa shape index (κ3) is 5.84. The number of rotatable bonds is 10. The van der Waals surface area contributed by atoms with E-state index in [1.54, 1.807) is 7.05 Å². The second-order valence-electron chi connectivity index (χ2n) is 6.18. The van der Waals surface area contributed by atoms with Gasteiger partial charge in [0, 0.05) is 13.1 Å². The van der Waals surface area contributed by atoms with Crippen LogP contribution in [-0.4, -0.2) is 35.6 Å². The summed E-state index contributed by atoms with van der Waals surface area (Å²) < 4.78 is 1.41. The molecule has 136 valence electrons. The van der Waals surface area contributed by atoms with Crippen molar-refractivity contribution < 1.29 is 4.79 Å². The van der Waals surface area contributed by atoms with E-state index in [4.69, 9.17) is 0 Å². The van der Waals surface area contributed by atoms with E-state index in [-0.39, 0.29) is 24.0 Å². The molecule has 1 rings (SSSR count). The van der Waals surface area contributed by atoms with Crippen LogP contribution in [-0.2, 0) is 11.3 Å². The van der Waals surface area contributed by atoms with Crippen molar-refractivity contribution in [1.29, 1.82) is 0 Å². The third-order valence-corrected chi connectivity index (χ3v) is 3.55. The van der Waals surface area contributed by atoms with Crippen molar-refractivity contribution in [3.8, 4) is 0 Å². The zero-order valence-electron chi connectivity index (χ0n) is 15.0. The van der Waals surface area contributed by atoms with Crippen LogP contribution in [0.25, 0.3) is 0 Å². The minimum atomic E-state index is -0.517. The van der Waals surface area contributed by atoms with Gasteiger partial charge in [0.2, 0.25) is 5.91 Å². The number of carbonyl (C=O) groups is 1. The average Bonchev–Trinajstić information content (AvgIpc) is 2.49. The molecule has 0 atom stereocenters. The number of H-pyrrole nitrogens is 1. The molecule has 0 aliphatic rings. The lowest BCUT2D eigenvalue weighted by Crippen LogP contribution is -2.37. The minimum Gasteiger partial charge on any atom is -0.378 e. The Morgan fingerprint density at radius 1 is 1.29 bits per heavy atom. The smallest absolute Gasteiger partial charge is 0.330 e. The number of unbranched alkanes of at least 4 members (excludes halogenated alkanes) is 1. The molecule has 0 fully saturated rings. The molecular weight excluding hydrogens is 310 g/mol. The lowest BCUT2D eigenvalue weighted by atomic mass is 10.1. The topological polar surface area (TPSA) is 108 Å². The molecule has 8 heteroatoms. The molecule has 0 bridgehead atoms. The molecule has 1 aromatic heterocycles. The number of carbonyl (C=O) groups excluding carboxylic acids is 1. The van der Waals surface area contributed by atoms with Gasteiger partial charge >= 0.3 is 5.69 Å². The molecule has 4 N–H and O–H groups in total. The standard InChI is InChI=1S/C16H29N5O3/c1-5-6-9-21-14(19-12(22)10-17-4)13(15(23)20-16(21)24)18-8-7-11(2)3/h11,17-18H,5-10H2,1-4H3,(H,19,22)(H,20,23,24). The number of amides is 1. The predicted molar refractivity (Wildman–Crippen MR) is 96.7 cm³/mol. The molecule has 0 spiro atoms. The second kappa shape index (κ2) is 9.92. The summed E-state index contributed by atoms with van der Waals surface area (Å²) in [5, 5.41) is 8.50. The van der Waals surface area contributed by atoms with Crippen LogP contribution in [0.1, 0.15) is 40.0 Å². The molecule has 0 aliphatic carbocycles. The van der Waals surface area contributed by atoms with Crippen LogP contribution in [0.2, 0.25) is 0 Å². The highest BCUT2D eigenvalue weighted by Crippen LogP contribution is 2.16. The summed E-state index contributed by atoms with van der Waals surface area (Å²) in [5.41, 5.74) is -0.797. The molecule has 1 heterocycles. The summed E-state index contributed by atoms with van der Waals surface area (Å²) >= 11 is 0. The van der Waals surface area contributed by atoms with Crippen LogP contribution >= 0.6 is 0 Å². The zero-order chi connectivity index (χ0) is 18.1. The highest BCUT2D eigenvalue weighted by Gasteiger charge is 2.17. The number of likely N-dealkylation sites (N-methyl/N-ethyl adjacent to an activating group) is 1. The molecule has 0 saturated heterocycles. The number of nitrogens with zero attached hydrogens (tertiary/aromatic N) is 1. The van der Waals surface area contributed by atoms with Gasteiger partial charge in [-0.3, -0.25) is 19.1 Å². The average molecular weight is 339 g/mol. The lowest BCUT2D eigenvalue weighted by Gasteiger charge is -2.18. The maximum absolute atomic E-state index is 12.2. The Hall–Kier alpha value is -2.09. The number of hydrogen-bond donors (Lipinski definition) is 4. The molecule has 0 aliphatic heterocycles. The summed E-state index contributed by atoms with van der Waals surface area (Å²) in [4.78, 5) is 38.6. The van der Waals surface area contributed by atoms with E-state index in [0.29, 0.717) is 19.0 Å². The SMILES string of the molecule is CCCCn1c(NC(=O)CNC)c(NCCC(C)C)c(=O)[nH]c1=O. The molecule has 0 aromatic carbocycles. The molecular formula is C16H29N5O3. The molecule has 0 saturated carbocycles. The molecule has 1 amide bonds. The third-order valence-electron chi connectivity index (χ3n) is 3.55. The van der Waals surface area contributed by atoms with Crippen LogP contribution in [0, 0.1) is 5.92 Å². The van der Waals surface area contributed by atoms with E-state index in [0.717, 1.165) is 19.3 Å². The molecule has 8 nitrogen and oxygen atoms in total. The second-order valence-corrected chi connectivity index (χ2v) is 6.18. The van der Waals surface area contributed by atoms with Gasteiger partial charge in [0.05, 0.1) is 6.54 Å². The van der Waals surface area contributed by atoms with E-state index in [1.807, 2.05) is 6.92 Å². The van der Waals surface area contributed by atoms with Gasteiger partial charge in [0.25, 0.3) is 5.56 Å². The molecule has 1 aromatic rings. The Kier molecular flexibility index (Phi) is 8.25. The van der Waals surface area contributed by atoms with Crippen LogP contribution < -0.4 is 27.2 Å². The largest absolute Gasteiger partial charge is 0.378 e. The Bertz CT molecular complexity index is 648. The van der Waals surface area contributed by atoms with Crippen molar-refractivity contribution in [3.05, 3.63) is 20.8 Å². The molecule has 24 heavy (non-hydrogen) atoms. The Labute approximate surface area is 142 Å². The van der Waals surface area contributed by atoms with Gasteiger partial charge in [-0.2, -0.15) is 0 Å². The fourth-order valence-electron chi connectivity index (χ4n) is 2.22. The van der Waals surface area contributed by atoms with E-state index >= 15 is 0 Å². The van der Waals surface area contributed by atoms with Gasteiger partial charge in [0.1, 0.15) is 11.5 Å². The number of hydrogen-bond acceptors (Lipinski definition) is 5. The van der Waals surface area contributed by atoms with Crippen molar-refractivity contribution in [2.75, 3.05) is 30.8 Å². The summed E-state index contributed by atoms with van der Waals surface area (Å²) in [6.07, 6.45) is 2.54. The summed E-state index contributed by atoms with van der Waals surface area (Å²) in [5.74, 6) is 0.408. The molecule has 0 unspecified atom stereocenters. The lowest BCUT2D eigenvalue weighted by molar-refractivity contribution is -0.115. The maximum Gasteiger partial charge on any atom is 0.330 e. The van der Waals surface area contributed by atoms with Crippen LogP contribution in [0.5, 0.6) is 0 Å². The highest BCUT2D eigenvalue weighted by atomic mass is 16.2. The normalized spacial score (nSPS) is 10.9. The van der Waals surface area contributed by atoms with Crippen molar-refractivity contribution >= 4 is 17.4 Å². The van der Waals surface area contributed by atoms with Crippen LogP contribution in [0.15, 0.2) is 9.59 Å². The van der Waals surface area contributed by atoms with Gasteiger partial charge in [-0.05, 0) is 25.8 Å². The Morgan fingerprint density at radius 3 is 2.58 bits per heavy atom. The van der Waals surface area contributed by atoms with Gasteiger partial charge in [-0.1, -0.05) is 27.2 Å². The summed E-state index contributed by atoms with van der Waals surface area (Å²) in [6.45, 7) is 7.30. The summed E-state index contributed by atoms with van der Waals surface area (Å²) in [6, 6.07) is 0. The fourth-order valence-corrected chi connectivity index (χ4v) is 2.22.